The second-order valence-electron chi connectivity index (χ2n) is 2.77. The summed E-state index contributed by atoms with van der Waals surface area (Å²) in [6.07, 6.45) is 6.88. The highest BCUT2D eigenvalue weighted by molar-refractivity contribution is 5.14. The molecule has 2 rings (SSSR count). The van der Waals surface area contributed by atoms with Gasteiger partial charge in [-0.25, -0.2) is 0 Å². The van der Waals surface area contributed by atoms with Gasteiger partial charge in [-0.15, -0.1) is 0 Å². The van der Waals surface area contributed by atoms with Crippen LogP contribution in [0.15, 0.2) is 12.2 Å². The molecule has 1 unspecified atom stereocenters. The average Bonchev–Trinajstić information content (AvgIpc) is 2.45. The maximum Gasteiger partial charge on any atom is 0.0973 e. The van der Waals surface area contributed by atoms with Crippen molar-refractivity contribution in [2.75, 3.05) is 13.3 Å². The third-order valence-corrected chi connectivity index (χ3v) is 2.08. The first-order valence-electron chi connectivity index (χ1n) is 3.42. The molecule has 0 aromatic heterocycles. The average molecular weight is 125 g/mol. The lowest BCUT2D eigenvalue weighted by Crippen LogP contribution is -2.37. The Hall–Kier alpha value is -0.340. The molecule has 50 valence electrons. The van der Waals surface area contributed by atoms with Crippen LogP contribution in [0, 0.1) is 0 Å². The van der Waals surface area contributed by atoms with Gasteiger partial charge < -0.3 is 4.74 Å². The second-order valence-corrected chi connectivity index (χ2v) is 2.77. The fraction of sp³-hybridized carbons (Fsp3) is 0.714. The predicted octanol–water partition coefficient (Wildman–Crippen LogP) is 0.653. The van der Waals surface area contributed by atoms with E-state index >= 15 is 0 Å². The first kappa shape index (κ1) is 5.45. The summed E-state index contributed by atoms with van der Waals surface area (Å²) in [6, 6.07) is 0. The van der Waals surface area contributed by atoms with Gasteiger partial charge >= 0.3 is 0 Å². The van der Waals surface area contributed by atoms with Crippen LogP contribution in [0.2, 0.25) is 0 Å². The molecule has 1 aliphatic carbocycles. The SMILES string of the molecule is C1=CC2(CC1)COCN2. The molecular weight excluding hydrogens is 114 g/mol. The Bertz CT molecular complexity index is 136. The molecule has 0 aromatic rings. The lowest BCUT2D eigenvalue weighted by Gasteiger charge is -2.17. The molecule has 0 saturated carbocycles. The molecule has 2 aliphatic rings. The van der Waals surface area contributed by atoms with Gasteiger partial charge in [0.05, 0.1) is 18.9 Å². The summed E-state index contributed by atoms with van der Waals surface area (Å²) in [6.45, 7) is 1.59. The van der Waals surface area contributed by atoms with E-state index in [0.29, 0.717) is 0 Å². The van der Waals surface area contributed by atoms with Crippen molar-refractivity contribution in [3.63, 3.8) is 0 Å². The van der Waals surface area contributed by atoms with Crippen molar-refractivity contribution in [1.29, 1.82) is 0 Å². The van der Waals surface area contributed by atoms with Crippen LogP contribution >= 0.6 is 0 Å². The summed E-state index contributed by atoms with van der Waals surface area (Å²) >= 11 is 0. The lowest BCUT2D eigenvalue weighted by atomic mass is 10.0. The highest BCUT2D eigenvalue weighted by Gasteiger charge is 2.33. The minimum Gasteiger partial charge on any atom is -0.364 e. The summed E-state index contributed by atoms with van der Waals surface area (Å²) in [5.41, 5.74) is 0.236. The molecule has 1 N–H and O–H groups in total. The highest BCUT2D eigenvalue weighted by Crippen LogP contribution is 2.25. The van der Waals surface area contributed by atoms with E-state index in [4.69, 9.17) is 4.74 Å². The molecule has 0 radical (unpaired) electrons. The predicted molar refractivity (Wildman–Crippen MR) is 35.1 cm³/mol. The van der Waals surface area contributed by atoms with Gasteiger partial charge in [-0.2, -0.15) is 0 Å². The van der Waals surface area contributed by atoms with Crippen LogP contribution in [0.3, 0.4) is 0 Å². The van der Waals surface area contributed by atoms with E-state index in [0.717, 1.165) is 13.3 Å². The Balaban J connectivity index is 2.13. The van der Waals surface area contributed by atoms with E-state index in [9.17, 15) is 0 Å². The van der Waals surface area contributed by atoms with E-state index < -0.39 is 0 Å². The number of hydrogen-bond donors (Lipinski definition) is 1. The summed E-state index contributed by atoms with van der Waals surface area (Å²) in [5, 5.41) is 3.32. The molecule has 1 heterocycles. The number of hydrogen-bond acceptors (Lipinski definition) is 2. The number of nitrogens with one attached hydrogen (secondary N) is 1. The maximum absolute atomic E-state index is 5.22. The fourth-order valence-corrected chi connectivity index (χ4v) is 1.48. The highest BCUT2D eigenvalue weighted by atomic mass is 16.5. The van der Waals surface area contributed by atoms with Gasteiger partial charge in [-0.05, 0) is 12.8 Å². The van der Waals surface area contributed by atoms with Crippen molar-refractivity contribution in [1.82, 2.24) is 5.32 Å². The van der Waals surface area contributed by atoms with Crippen LogP contribution in [0.5, 0.6) is 0 Å². The van der Waals surface area contributed by atoms with Gasteiger partial charge in [-0.1, -0.05) is 12.2 Å². The van der Waals surface area contributed by atoms with Crippen LogP contribution in [0.25, 0.3) is 0 Å². The first-order valence-corrected chi connectivity index (χ1v) is 3.42. The van der Waals surface area contributed by atoms with Gasteiger partial charge in [0.2, 0.25) is 0 Å². The Morgan fingerprint density at radius 1 is 1.56 bits per heavy atom. The van der Waals surface area contributed by atoms with Gasteiger partial charge in [-0.3, -0.25) is 5.32 Å². The summed E-state index contributed by atoms with van der Waals surface area (Å²) in [4.78, 5) is 0. The molecule has 9 heavy (non-hydrogen) atoms. The fourth-order valence-electron chi connectivity index (χ4n) is 1.48. The number of rotatable bonds is 0. The van der Waals surface area contributed by atoms with E-state index in [2.05, 4.69) is 17.5 Å². The van der Waals surface area contributed by atoms with E-state index in [-0.39, 0.29) is 5.54 Å². The van der Waals surface area contributed by atoms with Crippen LogP contribution < -0.4 is 5.32 Å². The zero-order chi connectivity index (χ0) is 6.16. The normalized spacial score (nSPS) is 40.9. The molecule has 1 atom stereocenters. The van der Waals surface area contributed by atoms with E-state index in [1.807, 2.05) is 0 Å². The van der Waals surface area contributed by atoms with Crippen molar-refractivity contribution in [3.8, 4) is 0 Å². The molecule has 0 bridgehead atoms. The third kappa shape index (κ3) is 0.787. The molecule has 1 fully saturated rings. The first-order chi connectivity index (χ1) is 4.41. The minimum atomic E-state index is 0.236. The van der Waals surface area contributed by atoms with Crippen LogP contribution in [0.4, 0.5) is 0 Å². The van der Waals surface area contributed by atoms with Crippen LogP contribution in [-0.2, 0) is 4.74 Å². The largest absolute Gasteiger partial charge is 0.364 e. The molecule has 2 heteroatoms. The van der Waals surface area contributed by atoms with Gasteiger partial charge in [0.15, 0.2) is 0 Å². The minimum absolute atomic E-state index is 0.236. The van der Waals surface area contributed by atoms with Crippen molar-refractivity contribution in [3.05, 3.63) is 12.2 Å². The lowest BCUT2D eigenvalue weighted by molar-refractivity contribution is 0.183. The quantitative estimate of drug-likeness (QED) is 0.480. The Kier molecular flexibility index (Phi) is 1.10. The maximum atomic E-state index is 5.22. The van der Waals surface area contributed by atoms with Crippen LogP contribution in [-0.4, -0.2) is 18.9 Å². The molecule has 0 aromatic carbocycles. The Labute approximate surface area is 54.9 Å². The number of ether oxygens (including phenoxy) is 1. The second kappa shape index (κ2) is 1.82. The zero-order valence-corrected chi connectivity index (χ0v) is 5.39. The monoisotopic (exact) mass is 125 g/mol. The number of allylic oxidation sites excluding steroid dienone is 1. The standard InChI is InChI=1S/C7H11NO/c1-2-4-7(3-1)5-9-6-8-7/h1,3,8H,2,4-6H2. The summed E-state index contributed by atoms with van der Waals surface area (Å²) in [5.74, 6) is 0. The van der Waals surface area contributed by atoms with Crippen LogP contribution in [0.1, 0.15) is 12.8 Å². The molecule has 1 spiro atoms. The third-order valence-electron chi connectivity index (χ3n) is 2.08. The Morgan fingerprint density at radius 3 is 3.11 bits per heavy atom. The molecular formula is C7H11NO. The summed E-state index contributed by atoms with van der Waals surface area (Å²) < 4.78 is 5.22. The van der Waals surface area contributed by atoms with Gasteiger partial charge in [0.1, 0.15) is 0 Å². The van der Waals surface area contributed by atoms with Crippen molar-refractivity contribution in [2.24, 2.45) is 0 Å². The topological polar surface area (TPSA) is 21.3 Å². The van der Waals surface area contributed by atoms with Crippen molar-refractivity contribution < 1.29 is 4.74 Å². The van der Waals surface area contributed by atoms with E-state index in [1.165, 1.54) is 12.8 Å². The zero-order valence-electron chi connectivity index (χ0n) is 5.39. The van der Waals surface area contributed by atoms with Crippen molar-refractivity contribution in [2.45, 2.75) is 18.4 Å². The molecule has 1 aliphatic heterocycles. The summed E-state index contributed by atoms with van der Waals surface area (Å²) in [7, 11) is 0. The smallest absolute Gasteiger partial charge is 0.0973 e. The van der Waals surface area contributed by atoms with Gasteiger partial charge in [0.25, 0.3) is 0 Å². The molecule has 2 nitrogen and oxygen atoms in total. The van der Waals surface area contributed by atoms with E-state index in [1.54, 1.807) is 0 Å². The Morgan fingerprint density at radius 2 is 2.56 bits per heavy atom. The van der Waals surface area contributed by atoms with Gasteiger partial charge in [0, 0.05) is 0 Å². The van der Waals surface area contributed by atoms with Crippen molar-refractivity contribution >= 4 is 0 Å². The molecule has 0 amide bonds. The molecule has 1 saturated heterocycles.